The average Bonchev–Trinajstić information content (AvgIpc) is 3.55. The zero-order valence-electron chi connectivity index (χ0n) is 20.5. The Bertz CT molecular complexity index is 1480. The normalized spacial score (nSPS) is 14.7. The molecule has 1 aliphatic heterocycles. The molecule has 1 amide bonds. The number of carbonyl (C=O) groups excluding carboxylic acids is 1. The van der Waals surface area contributed by atoms with Crippen LogP contribution >= 0.6 is 24.0 Å². The molecule has 2 aromatic carbocycles. The molecule has 0 radical (unpaired) electrons. The van der Waals surface area contributed by atoms with Crippen molar-refractivity contribution in [3.05, 3.63) is 65.1 Å². The van der Waals surface area contributed by atoms with Gasteiger partial charge in [0.25, 0.3) is 5.91 Å². The van der Waals surface area contributed by atoms with Gasteiger partial charge in [0.2, 0.25) is 0 Å². The summed E-state index contributed by atoms with van der Waals surface area (Å²) < 4.78 is 0.591. The zero-order chi connectivity index (χ0) is 26.3. The molecule has 4 aromatic rings. The monoisotopic (exact) mass is 546 g/mol. The first-order chi connectivity index (χ1) is 18.6. The second-order valence-electron chi connectivity index (χ2n) is 8.70. The third-order valence-electron chi connectivity index (χ3n) is 6.10. The Kier molecular flexibility index (Phi) is 8.31. The number of fused-ring (bicyclic) bond motifs is 1. The Morgan fingerprint density at radius 2 is 2.00 bits per heavy atom. The lowest BCUT2D eigenvalue weighted by molar-refractivity contribution is -0.122. The van der Waals surface area contributed by atoms with Gasteiger partial charge in [0.05, 0.1) is 17.0 Å². The Morgan fingerprint density at radius 3 is 2.84 bits per heavy atom. The SMILES string of the molecule is O=C1/C(=C/c2cccc(-c3ccc4ncnc(NCCO)c4c3)c2)SC(=S)N1CCCCCc1nn[nH]n1. The Balaban J connectivity index is 1.27. The maximum absolute atomic E-state index is 13.1. The Labute approximate surface area is 229 Å². The molecule has 0 aliphatic carbocycles. The molecule has 1 fully saturated rings. The van der Waals surface area contributed by atoms with Crippen LogP contribution < -0.4 is 5.32 Å². The first-order valence-corrected chi connectivity index (χ1v) is 13.5. The smallest absolute Gasteiger partial charge is 0.266 e. The van der Waals surface area contributed by atoms with Crippen molar-refractivity contribution in [1.29, 1.82) is 0 Å². The summed E-state index contributed by atoms with van der Waals surface area (Å²) in [6.45, 7) is 1.02. The number of rotatable bonds is 11. The molecule has 2 aromatic heterocycles. The number of anilines is 1. The maximum Gasteiger partial charge on any atom is 0.266 e. The predicted octanol–water partition coefficient (Wildman–Crippen LogP) is 3.83. The van der Waals surface area contributed by atoms with E-state index in [1.54, 1.807) is 4.90 Å². The molecule has 10 nitrogen and oxygen atoms in total. The Hall–Kier alpha value is -3.74. The van der Waals surface area contributed by atoms with Crippen LogP contribution in [-0.2, 0) is 11.2 Å². The second kappa shape index (κ2) is 12.2. The molecule has 0 bridgehead atoms. The fourth-order valence-corrected chi connectivity index (χ4v) is 5.53. The number of nitrogens with zero attached hydrogens (tertiary/aromatic N) is 6. The van der Waals surface area contributed by atoms with Crippen molar-refractivity contribution in [2.45, 2.75) is 25.7 Å². The summed E-state index contributed by atoms with van der Waals surface area (Å²) in [6, 6.07) is 14.0. The number of amides is 1. The lowest BCUT2D eigenvalue weighted by atomic mass is 10.0. The minimum atomic E-state index is -0.0500. The van der Waals surface area contributed by atoms with Gasteiger partial charge in [-0.1, -0.05) is 59.9 Å². The molecule has 0 saturated carbocycles. The fraction of sp³-hybridized carbons (Fsp3) is 0.269. The number of aromatic amines is 1. The van der Waals surface area contributed by atoms with Crippen molar-refractivity contribution in [2.75, 3.05) is 25.0 Å². The van der Waals surface area contributed by atoms with Crippen LogP contribution in [0.25, 0.3) is 28.1 Å². The van der Waals surface area contributed by atoms with Gasteiger partial charge < -0.3 is 10.4 Å². The van der Waals surface area contributed by atoms with Crippen LogP contribution in [0.1, 0.15) is 30.7 Å². The number of carbonyl (C=O) groups is 1. The molecule has 3 heterocycles. The number of H-pyrrole nitrogens is 1. The molecule has 5 rings (SSSR count). The quantitative estimate of drug-likeness (QED) is 0.145. The number of hydrogen-bond donors (Lipinski definition) is 3. The van der Waals surface area contributed by atoms with E-state index in [1.165, 1.54) is 18.1 Å². The van der Waals surface area contributed by atoms with Crippen LogP contribution in [0.4, 0.5) is 5.82 Å². The van der Waals surface area contributed by atoms with Crippen molar-refractivity contribution in [2.24, 2.45) is 0 Å². The van der Waals surface area contributed by atoms with Crippen LogP contribution in [0.3, 0.4) is 0 Å². The molecule has 0 atom stereocenters. The molecule has 38 heavy (non-hydrogen) atoms. The summed E-state index contributed by atoms with van der Waals surface area (Å²) in [4.78, 5) is 24.1. The van der Waals surface area contributed by atoms with E-state index in [2.05, 4.69) is 42.0 Å². The zero-order valence-corrected chi connectivity index (χ0v) is 22.1. The number of nitrogens with one attached hydrogen (secondary N) is 2. The molecule has 12 heteroatoms. The lowest BCUT2D eigenvalue weighted by Crippen LogP contribution is -2.29. The number of aryl methyl sites for hydroxylation is 1. The first kappa shape index (κ1) is 25.9. The van der Waals surface area contributed by atoms with Crippen LogP contribution in [0.2, 0.25) is 0 Å². The van der Waals surface area contributed by atoms with Crippen molar-refractivity contribution in [1.82, 2.24) is 35.5 Å². The maximum atomic E-state index is 13.1. The van der Waals surface area contributed by atoms with Crippen LogP contribution in [-0.4, -0.2) is 70.5 Å². The molecule has 0 unspecified atom stereocenters. The summed E-state index contributed by atoms with van der Waals surface area (Å²) in [5.74, 6) is 1.34. The van der Waals surface area contributed by atoms with Gasteiger partial charge in [-0.3, -0.25) is 9.69 Å². The van der Waals surface area contributed by atoms with Gasteiger partial charge in [-0.15, -0.1) is 10.2 Å². The van der Waals surface area contributed by atoms with Crippen molar-refractivity contribution < 1.29 is 9.90 Å². The highest BCUT2D eigenvalue weighted by atomic mass is 32.2. The second-order valence-corrected chi connectivity index (χ2v) is 10.4. The van der Waals surface area contributed by atoms with Gasteiger partial charge >= 0.3 is 0 Å². The fourth-order valence-electron chi connectivity index (χ4n) is 4.22. The van der Waals surface area contributed by atoms with E-state index in [0.29, 0.717) is 34.0 Å². The van der Waals surface area contributed by atoms with E-state index in [1.807, 2.05) is 42.5 Å². The largest absolute Gasteiger partial charge is 0.395 e. The summed E-state index contributed by atoms with van der Waals surface area (Å²) in [6.07, 6.45) is 6.90. The highest BCUT2D eigenvalue weighted by Crippen LogP contribution is 2.34. The lowest BCUT2D eigenvalue weighted by Gasteiger charge is -2.13. The first-order valence-electron chi connectivity index (χ1n) is 12.3. The number of aliphatic hydroxyl groups is 1. The van der Waals surface area contributed by atoms with Gasteiger partial charge in [-0.2, -0.15) is 5.21 Å². The van der Waals surface area contributed by atoms with E-state index in [0.717, 1.165) is 53.3 Å². The third kappa shape index (κ3) is 6.04. The predicted molar refractivity (Wildman–Crippen MR) is 152 cm³/mol. The molecule has 3 N–H and O–H groups in total. The number of thiocarbonyl (C=S) groups is 1. The topological polar surface area (TPSA) is 133 Å². The van der Waals surface area contributed by atoms with Crippen molar-refractivity contribution in [3.8, 4) is 11.1 Å². The van der Waals surface area contributed by atoms with Crippen LogP contribution in [0.5, 0.6) is 0 Å². The van der Waals surface area contributed by atoms with Gasteiger partial charge in [-0.05, 0) is 53.8 Å². The average molecular weight is 547 g/mol. The highest BCUT2D eigenvalue weighted by molar-refractivity contribution is 8.26. The Morgan fingerprint density at radius 1 is 1.11 bits per heavy atom. The molecular weight excluding hydrogens is 520 g/mol. The van der Waals surface area contributed by atoms with Crippen molar-refractivity contribution >= 4 is 57.0 Å². The molecule has 0 spiro atoms. The van der Waals surface area contributed by atoms with Crippen molar-refractivity contribution in [3.63, 3.8) is 0 Å². The highest BCUT2D eigenvalue weighted by Gasteiger charge is 2.31. The number of tetrazole rings is 1. The van der Waals surface area contributed by atoms with Gasteiger partial charge in [-0.25, -0.2) is 9.97 Å². The molecule has 194 valence electrons. The minimum Gasteiger partial charge on any atom is -0.395 e. The number of aromatic nitrogens is 6. The number of thioether (sulfide) groups is 1. The van der Waals surface area contributed by atoms with Crippen LogP contribution in [0.15, 0.2) is 53.7 Å². The third-order valence-corrected chi connectivity index (χ3v) is 7.48. The minimum absolute atomic E-state index is 0.0149. The van der Waals surface area contributed by atoms with E-state index in [4.69, 9.17) is 12.2 Å². The summed E-state index contributed by atoms with van der Waals surface area (Å²) in [5.41, 5.74) is 3.75. The molecule has 1 aliphatic rings. The molecule has 1 saturated heterocycles. The summed E-state index contributed by atoms with van der Waals surface area (Å²) in [7, 11) is 0. The number of benzene rings is 2. The van der Waals surface area contributed by atoms with Gasteiger partial charge in [0.15, 0.2) is 5.82 Å². The van der Waals surface area contributed by atoms with E-state index in [9.17, 15) is 9.90 Å². The standard InChI is InChI=1S/C26H26N8O2S2/c35-12-10-27-24-20-15-19(8-9-21(20)28-16-29-24)18-6-4-5-17(13-18)14-22-25(36)34(26(37)38-22)11-3-1-2-7-23-30-32-33-31-23/h4-6,8-9,13-16,35H,1-3,7,10-12H2,(H,27,28,29)(H,30,31,32,33)/b22-14-. The van der Waals surface area contributed by atoms with E-state index < -0.39 is 0 Å². The van der Waals surface area contributed by atoms with E-state index in [-0.39, 0.29) is 12.5 Å². The van der Waals surface area contributed by atoms with Gasteiger partial charge in [0.1, 0.15) is 16.5 Å². The van der Waals surface area contributed by atoms with Crippen LogP contribution in [0, 0.1) is 0 Å². The summed E-state index contributed by atoms with van der Waals surface area (Å²) >= 11 is 6.85. The van der Waals surface area contributed by atoms with E-state index >= 15 is 0 Å². The number of aliphatic hydroxyl groups excluding tert-OH is 1. The number of unbranched alkanes of at least 4 members (excludes halogenated alkanes) is 2. The van der Waals surface area contributed by atoms with Gasteiger partial charge in [0, 0.05) is 24.9 Å². The number of hydrogen-bond acceptors (Lipinski definition) is 10. The molecular formula is C26H26N8O2S2. The summed E-state index contributed by atoms with van der Waals surface area (Å²) in [5, 5.41) is 27.1.